The van der Waals surface area contributed by atoms with Crippen molar-refractivity contribution in [2.45, 2.75) is 39.5 Å². The summed E-state index contributed by atoms with van der Waals surface area (Å²) in [5, 5.41) is 2.47. The van der Waals surface area contributed by atoms with Crippen LogP contribution in [0.4, 0.5) is 0 Å². The van der Waals surface area contributed by atoms with Crippen LogP contribution in [-0.2, 0) is 6.42 Å². The molecule has 0 bridgehead atoms. The Balaban J connectivity index is 2.43. The van der Waals surface area contributed by atoms with Crippen LogP contribution in [0, 0.1) is 0 Å². The molecule has 0 aliphatic carbocycles. The van der Waals surface area contributed by atoms with Gasteiger partial charge in [-0.1, -0.05) is 44.0 Å². The van der Waals surface area contributed by atoms with Gasteiger partial charge < -0.3 is 0 Å². The lowest BCUT2D eigenvalue weighted by molar-refractivity contribution is 0.101. The van der Waals surface area contributed by atoms with Crippen LogP contribution in [0.3, 0.4) is 0 Å². The summed E-state index contributed by atoms with van der Waals surface area (Å²) in [7, 11) is 0. The Kier molecular flexibility index (Phi) is 4.14. The number of Topliss-reactive ketones (excluding diaryl/α,β-unsaturated/α-hetero) is 1. The molecule has 0 aromatic heterocycles. The number of carbonyl (C=O) groups excluding carboxylic acids is 1. The Morgan fingerprint density at radius 3 is 2.61 bits per heavy atom. The van der Waals surface area contributed by atoms with Gasteiger partial charge in [0.1, 0.15) is 0 Å². The van der Waals surface area contributed by atoms with Crippen molar-refractivity contribution in [3.8, 4) is 0 Å². The van der Waals surface area contributed by atoms with E-state index in [1.165, 1.54) is 35.6 Å². The molecule has 0 saturated heterocycles. The molecule has 0 amide bonds. The summed E-state index contributed by atoms with van der Waals surface area (Å²) < 4.78 is 0. The normalized spacial score (nSPS) is 10.8. The van der Waals surface area contributed by atoms with Crippen LogP contribution in [0.1, 0.15) is 49.0 Å². The van der Waals surface area contributed by atoms with Gasteiger partial charge in [0.2, 0.25) is 0 Å². The van der Waals surface area contributed by atoms with E-state index < -0.39 is 0 Å². The first kappa shape index (κ1) is 12.8. The number of aryl methyl sites for hydroxylation is 1. The molecule has 94 valence electrons. The first-order valence-corrected chi connectivity index (χ1v) is 6.75. The van der Waals surface area contributed by atoms with Gasteiger partial charge in [-0.25, -0.2) is 0 Å². The molecule has 1 nitrogen and oxygen atoms in total. The Morgan fingerprint density at radius 2 is 1.89 bits per heavy atom. The summed E-state index contributed by atoms with van der Waals surface area (Å²) >= 11 is 0. The highest BCUT2D eigenvalue weighted by Crippen LogP contribution is 2.23. The van der Waals surface area contributed by atoms with Crippen LogP contribution >= 0.6 is 0 Å². The van der Waals surface area contributed by atoms with Gasteiger partial charge in [0, 0.05) is 5.56 Å². The lowest BCUT2D eigenvalue weighted by atomic mass is 9.96. The fraction of sp³-hybridized carbons (Fsp3) is 0.353. The quantitative estimate of drug-likeness (QED) is 0.543. The highest BCUT2D eigenvalue weighted by Gasteiger charge is 2.06. The number of unbranched alkanes of at least 4 members (excludes halogenated alkanes) is 2. The lowest BCUT2D eigenvalue weighted by Gasteiger charge is -2.09. The molecule has 0 unspecified atom stereocenters. The van der Waals surface area contributed by atoms with E-state index in [4.69, 9.17) is 0 Å². The number of fused-ring (bicyclic) bond motifs is 1. The van der Waals surface area contributed by atoms with Crippen LogP contribution in [0.25, 0.3) is 10.8 Å². The van der Waals surface area contributed by atoms with Gasteiger partial charge in [-0.15, -0.1) is 0 Å². The predicted molar refractivity (Wildman–Crippen MR) is 77.2 cm³/mol. The molecule has 0 atom stereocenters. The molecule has 0 fully saturated rings. The van der Waals surface area contributed by atoms with E-state index >= 15 is 0 Å². The summed E-state index contributed by atoms with van der Waals surface area (Å²) in [6.07, 6.45) is 4.74. The minimum Gasteiger partial charge on any atom is -0.295 e. The van der Waals surface area contributed by atoms with E-state index in [1.54, 1.807) is 6.92 Å². The third kappa shape index (κ3) is 2.79. The van der Waals surface area contributed by atoms with Gasteiger partial charge in [0.15, 0.2) is 5.78 Å². The Bertz CT molecular complexity index is 555. The topological polar surface area (TPSA) is 17.1 Å². The molecule has 2 aromatic carbocycles. The van der Waals surface area contributed by atoms with E-state index in [9.17, 15) is 4.79 Å². The minimum absolute atomic E-state index is 0.150. The van der Waals surface area contributed by atoms with E-state index in [0.29, 0.717) is 0 Å². The zero-order valence-corrected chi connectivity index (χ0v) is 11.2. The van der Waals surface area contributed by atoms with Crippen molar-refractivity contribution in [1.29, 1.82) is 0 Å². The van der Waals surface area contributed by atoms with Crippen molar-refractivity contribution in [3.63, 3.8) is 0 Å². The molecule has 0 saturated carbocycles. The molecular weight excluding hydrogens is 220 g/mol. The Labute approximate surface area is 109 Å². The molecule has 2 aromatic rings. The van der Waals surface area contributed by atoms with Crippen molar-refractivity contribution in [2.24, 2.45) is 0 Å². The molecular formula is C17H20O. The van der Waals surface area contributed by atoms with Gasteiger partial charge >= 0.3 is 0 Å². The molecule has 2 rings (SSSR count). The molecule has 0 radical (unpaired) electrons. The van der Waals surface area contributed by atoms with Crippen LogP contribution in [0.5, 0.6) is 0 Å². The number of ketones is 1. The number of carbonyl (C=O) groups is 1. The summed E-state index contributed by atoms with van der Waals surface area (Å²) in [5.41, 5.74) is 2.15. The minimum atomic E-state index is 0.150. The zero-order valence-electron chi connectivity index (χ0n) is 11.2. The largest absolute Gasteiger partial charge is 0.295 e. The SMILES string of the molecule is CCCCCc1cc(C(C)=O)cc2ccccc12. The third-order valence-electron chi connectivity index (χ3n) is 3.40. The lowest BCUT2D eigenvalue weighted by Crippen LogP contribution is -1.96. The zero-order chi connectivity index (χ0) is 13.0. The van der Waals surface area contributed by atoms with Gasteiger partial charge in [-0.05, 0) is 48.2 Å². The van der Waals surface area contributed by atoms with Gasteiger partial charge in [0.25, 0.3) is 0 Å². The Morgan fingerprint density at radius 1 is 1.11 bits per heavy atom. The van der Waals surface area contributed by atoms with Gasteiger partial charge in [-0.3, -0.25) is 4.79 Å². The second-order valence-corrected chi connectivity index (χ2v) is 4.87. The molecule has 18 heavy (non-hydrogen) atoms. The molecule has 0 N–H and O–H groups in total. The predicted octanol–water partition coefficient (Wildman–Crippen LogP) is 4.78. The highest BCUT2D eigenvalue weighted by molar-refractivity contribution is 5.99. The summed E-state index contributed by atoms with van der Waals surface area (Å²) in [4.78, 5) is 11.6. The number of hydrogen-bond acceptors (Lipinski definition) is 1. The van der Waals surface area contributed by atoms with Gasteiger partial charge in [0.05, 0.1) is 0 Å². The first-order chi connectivity index (χ1) is 8.72. The van der Waals surface area contributed by atoms with Crippen LogP contribution in [0.2, 0.25) is 0 Å². The maximum absolute atomic E-state index is 11.6. The monoisotopic (exact) mass is 240 g/mol. The van der Waals surface area contributed by atoms with E-state index in [2.05, 4.69) is 31.2 Å². The van der Waals surface area contributed by atoms with Crippen molar-refractivity contribution >= 4 is 16.6 Å². The average molecular weight is 240 g/mol. The molecule has 1 heteroatoms. The highest BCUT2D eigenvalue weighted by atomic mass is 16.1. The van der Waals surface area contributed by atoms with Crippen LogP contribution in [0.15, 0.2) is 36.4 Å². The fourth-order valence-electron chi connectivity index (χ4n) is 2.37. The fourth-order valence-corrected chi connectivity index (χ4v) is 2.37. The number of rotatable bonds is 5. The molecule has 0 heterocycles. The second-order valence-electron chi connectivity index (χ2n) is 4.87. The second kappa shape index (κ2) is 5.81. The maximum atomic E-state index is 11.6. The molecule has 0 spiro atoms. The Hall–Kier alpha value is -1.63. The first-order valence-electron chi connectivity index (χ1n) is 6.75. The van der Waals surface area contributed by atoms with Crippen molar-refractivity contribution in [2.75, 3.05) is 0 Å². The average Bonchev–Trinajstić information content (AvgIpc) is 2.38. The van der Waals surface area contributed by atoms with Crippen molar-refractivity contribution in [3.05, 3.63) is 47.5 Å². The van der Waals surface area contributed by atoms with Crippen molar-refractivity contribution in [1.82, 2.24) is 0 Å². The third-order valence-corrected chi connectivity index (χ3v) is 3.40. The van der Waals surface area contributed by atoms with Crippen LogP contribution in [-0.4, -0.2) is 5.78 Å². The maximum Gasteiger partial charge on any atom is 0.159 e. The van der Waals surface area contributed by atoms with Crippen LogP contribution < -0.4 is 0 Å². The summed E-state index contributed by atoms with van der Waals surface area (Å²) in [5.74, 6) is 0.150. The smallest absolute Gasteiger partial charge is 0.159 e. The van der Waals surface area contributed by atoms with Crippen molar-refractivity contribution < 1.29 is 4.79 Å². The number of benzene rings is 2. The number of hydrogen-bond donors (Lipinski definition) is 0. The standard InChI is InChI=1S/C17H20O/c1-3-4-5-8-14-11-16(13(2)18)12-15-9-6-7-10-17(14)15/h6-7,9-12H,3-5,8H2,1-2H3. The van der Waals surface area contributed by atoms with E-state index in [0.717, 1.165) is 12.0 Å². The molecule has 0 aliphatic heterocycles. The van der Waals surface area contributed by atoms with E-state index in [-0.39, 0.29) is 5.78 Å². The summed E-state index contributed by atoms with van der Waals surface area (Å²) in [6, 6.07) is 12.4. The van der Waals surface area contributed by atoms with E-state index in [1.807, 2.05) is 12.1 Å². The van der Waals surface area contributed by atoms with Gasteiger partial charge in [-0.2, -0.15) is 0 Å². The summed E-state index contributed by atoms with van der Waals surface area (Å²) in [6.45, 7) is 3.85. The molecule has 0 aliphatic rings.